The summed E-state index contributed by atoms with van der Waals surface area (Å²) in [6.45, 7) is 1.34. The number of hydrogen-bond donors (Lipinski definition) is 0. The SMILES string of the molecule is COc1cc(C2OC(c3ccc(Cl)cc3)=NN2C(C)=O)ccc1Oc1ccc([N+](=O)[O-])cc1[N+](=O)[O-]. The van der Waals surface area contributed by atoms with Crippen molar-refractivity contribution in [3.63, 3.8) is 0 Å². The molecule has 184 valence electrons. The van der Waals surface area contributed by atoms with Crippen LogP contribution >= 0.6 is 11.6 Å². The van der Waals surface area contributed by atoms with E-state index >= 15 is 0 Å². The minimum Gasteiger partial charge on any atom is -0.493 e. The maximum atomic E-state index is 12.3. The van der Waals surface area contributed by atoms with Crippen molar-refractivity contribution < 1.29 is 28.9 Å². The Morgan fingerprint density at radius 3 is 2.31 bits per heavy atom. The Labute approximate surface area is 208 Å². The van der Waals surface area contributed by atoms with Crippen LogP contribution in [0.4, 0.5) is 11.4 Å². The Hall–Kier alpha value is -4.71. The van der Waals surface area contributed by atoms with E-state index in [1.165, 1.54) is 31.2 Å². The van der Waals surface area contributed by atoms with Gasteiger partial charge >= 0.3 is 5.69 Å². The summed E-state index contributed by atoms with van der Waals surface area (Å²) >= 11 is 5.94. The highest BCUT2D eigenvalue weighted by Gasteiger charge is 2.34. The minimum atomic E-state index is -0.912. The van der Waals surface area contributed by atoms with Gasteiger partial charge in [0.1, 0.15) is 0 Å². The topological polar surface area (TPSA) is 147 Å². The fourth-order valence-corrected chi connectivity index (χ4v) is 3.51. The molecule has 0 saturated carbocycles. The molecule has 0 aliphatic carbocycles. The van der Waals surface area contributed by atoms with E-state index in [0.717, 1.165) is 18.2 Å². The van der Waals surface area contributed by atoms with Gasteiger partial charge in [-0.25, -0.2) is 0 Å². The molecule has 0 N–H and O–H groups in total. The van der Waals surface area contributed by atoms with Gasteiger partial charge in [0.2, 0.25) is 23.8 Å². The number of benzene rings is 3. The Kier molecular flexibility index (Phi) is 6.70. The molecule has 1 unspecified atom stereocenters. The summed E-state index contributed by atoms with van der Waals surface area (Å²) in [4.78, 5) is 33.1. The van der Waals surface area contributed by atoms with Gasteiger partial charge in [0.25, 0.3) is 5.69 Å². The first-order chi connectivity index (χ1) is 17.2. The zero-order valence-corrected chi connectivity index (χ0v) is 19.5. The third kappa shape index (κ3) is 4.88. The molecule has 36 heavy (non-hydrogen) atoms. The Morgan fingerprint density at radius 2 is 1.69 bits per heavy atom. The van der Waals surface area contributed by atoms with Crippen LogP contribution in [0.5, 0.6) is 17.2 Å². The number of nitro groups is 2. The lowest BCUT2D eigenvalue weighted by Gasteiger charge is -2.20. The summed E-state index contributed by atoms with van der Waals surface area (Å²) in [5.74, 6) is -0.0958. The number of hydrazone groups is 1. The Morgan fingerprint density at radius 1 is 1.00 bits per heavy atom. The molecule has 3 aromatic carbocycles. The predicted octanol–water partition coefficient (Wildman–Crippen LogP) is 5.20. The lowest BCUT2D eigenvalue weighted by atomic mass is 10.1. The first kappa shape index (κ1) is 24.4. The minimum absolute atomic E-state index is 0.101. The number of nitrogens with zero attached hydrogens (tertiary/aromatic N) is 4. The molecule has 1 amide bonds. The largest absolute Gasteiger partial charge is 0.493 e. The number of non-ortho nitro benzene ring substituents is 1. The van der Waals surface area contributed by atoms with Crippen LogP contribution in [-0.2, 0) is 9.53 Å². The van der Waals surface area contributed by atoms with Gasteiger partial charge in [0.15, 0.2) is 11.5 Å². The lowest BCUT2D eigenvalue weighted by molar-refractivity contribution is -0.394. The van der Waals surface area contributed by atoms with Crippen LogP contribution in [0.3, 0.4) is 0 Å². The van der Waals surface area contributed by atoms with Crippen molar-refractivity contribution in [2.75, 3.05) is 7.11 Å². The molecular formula is C23H17ClN4O8. The van der Waals surface area contributed by atoms with E-state index in [9.17, 15) is 25.0 Å². The molecular weight excluding hydrogens is 496 g/mol. The molecule has 4 rings (SSSR count). The van der Waals surface area contributed by atoms with Gasteiger partial charge in [0, 0.05) is 29.1 Å². The van der Waals surface area contributed by atoms with E-state index in [1.54, 1.807) is 30.3 Å². The molecule has 1 atom stereocenters. The molecule has 1 aliphatic rings. The van der Waals surface area contributed by atoms with E-state index in [1.807, 2.05) is 0 Å². The summed E-state index contributed by atoms with van der Waals surface area (Å²) in [5, 5.41) is 28.4. The number of rotatable bonds is 7. The van der Waals surface area contributed by atoms with Crippen molar-refractivity contribution >= 4 is 34.8 Å². The van der Waals surface area contributed by atoms with Gasteiger partial charge in [-0.05, 0) is 48.5 Å². The summed E-state index contributed by atoms with van der Waals surface area (Å²) < 4.78 is 17.0. The fraction of sp³-hybridized carbons (Fsp3) is 0.130. The van der Waals surface area contributed by atoms with Gasteiger partial charge in [0.05, 0.1) is 23.0 Å². The summed E-state index contributed by atoms with van der Waals surface area (Å²) in [6, 6.07) is 14.4. The van der Waals surface area contributed by atoms with Crippen molar-refractivity contribution in [3.8, 4) is 17.2 Å². The molecule has 0 bridgehead atoms. The van der Waals surface area contributed by atoms with E-state index in [4.69, 9.17) is 25.8 Å². The molecule has 13 heteroatoms. The second-order valence-corrected chi connectivity index (χ2v) is 7.86. The fourth-order valence-electron chi connectivity index (χ4n) is 3.38. The maximum absolute atomic E-state index is 12.3. The summed E-state index contributed by atoms with van der Waals surface area (Å²) in [7, 11) is 1.37. The number of amides is 1. The van der Waals surface area contributed by atoms with Crippen LogP contribution in [0.15, 0.2) is 65.8 Å². The first-order valence-electron chi connectivity index (χ1n) is 10.3. The molecule has 0 fully saturated rings. The quantitative estimate of drug-likeness (QED) is 0.310. The highest BCUT2D eigenvalue weighted by Crippen LogP contribution is 2.40. The molecule has 1 aliphatic heterocycles. The number of carbonyl (C=O) groups excluding carboxylic acids is 1. The van der Waals surface area contributed by atoms with Gasteiger partial charge in [-0.15, -0.1) is 5.10 Å². The van der Waals surface area contributed by atoms with Crippen LogP contribution in [0.1, 0.15) is 24.3 Å². The Balaban J connectivity index is 1.64. The van der Waals surface area contributed by atoms with Crippen molar-refractivity contribution in [3.05, 3.63) is 97.0 Å². The summed E-state index contributed by atoms with van der Waals surface area (Å²) in [5.41, 5.74) is 0.0691. The highest BCUT2D eigenvalue weighted by atomic mass is 35.5. The number of carbonyl (C=O) groups is 1. The van der Waals surface area contributed by atoms with E-state index < -0.39 is 27.4 Å². The van der Waals surface area contributed by atoms with Crippen molar-refractivity contribution in [2.24, 2.45) is 5.10 Å². The van der Waals surface area contributed by atoms with E-state index in [2.05, 4.69) is 5.10 Å². The standard InChI is InChI=1S/C23H17ClN4O8/c1-13(29)26-23(36-22(25-26)14-3-6-16(24)7-4-14)15-5-9-20(21(11-15)34-2)35-19-10-8-17(27(30)31)12-18(19)28(32)33/h3-12,23H,1-2H3. The third-order valence-electron chi connectivity index (χ3n) is 5.10. The molecule has 0 saturated heterocycles. The van der Waals surface area contributed by atoms with Gasteiger partial charge in [-0.1, -0.05) is 11.6 Å². The molecule has 0 aromatic heterocycles. The maximum Gasteiger partial charge on any atom is 0.318 e. The predicted molar refractivity (Wildman–Crippen MR) is 127 cm³/mol. The zero-order chi connectivity index (χ0) is 26.0. The molecule has 3 aromatic rings. The van der Waals surface area contributed by atoms with Crippen LogP contribution in [0.2, 0.25) is 5.02 Å². The van der Waals surface area contributed by atoms with Crippen molar-refractivity contribution in [1.29, 1.82) is 0 Å². The van der Waals surface area contributed by atoms with Crippen LogP contribution < -0.4 is 9.47 Å². The number of methoxy groups -OCH3 is 1. The molecule has 1 heterocycles. The number of hydrogen-bond acceptors (Lipinski definition) is 9. The zero-order valence-electron chi connectivity index (χ0n) is 18.8. The first-order valence-corrected chi connectivity index (χ1v) is 10.7. The second kappa shape index (κ2) is 9.88. The van der Waals surface area contributed by atoms with Crippen molar-refractivity contribution in [1.82, 2.24) is 5.01 Å². The van der Waals surface area contributed by atoms with E-state index in [-0.39, 0.29) is 29.1 Å². The smallest absolute Gasteiger partial charge is 0.318 e. The van der Waals surface area contributed by atoms with Gasteiger partial charge in [-0.3, -0.25) is 25.0 Å². The monoisotopic (exact) mass is 512 g/mol. The van der Waals surface area contributed by atoms with Crippen molar-refractivity contribution in [2.45, 2.75) is 13.2 Å². The Bertz CT molecular complexity index is 1390. The normalized spacial score (nSPS) is 14.6. The molecule has 0 spiro atoms. The molecule has 0 radical (unpaired) electrons. The third-order valence-corrected chi connectivity index (χ3v) is 5.35. The summed E-state index contributed by atoms with van der Waals surface area (Å²) in [6.07, 6.45) is -0.912. The highest BCUT2D eigenvalue weighted by molar-refractivity contribution is 6.30. The lowest BCUT2D eigenvalue weighted by Crippen LogP contribution is -2.25. The van der Waals surface area contributed by atoms with Crippen LogP contribution in [-0.4, -0.2) is 33.8 Å². The number of halogens is 1. The average Bonchev–Trinajstić information content (AvgIpc) is 3.30. The second-order valence-electron chi connectivity index (χ2n) is 7.42. The van der Waals surface area contributed by atoms with E-state index in [0.29, 0.717) is 16.1 Å². The number of ether oxygens (including phenoxy) is 3. The van der Waals surface area contributed by atoms with Crippen LogP contribution in [0.25, 0.3) is 0 Å². The number of nitro benzene ring substituents is 2. The van der Waals surface area contributed by atoms with Crippen LogP contribution in [0, 0.1) is 20.2 Å². The van der Waals surface area contributed by atoms with Gasteiger partial charge < -0.3 is 14.2 Å². The average molecular weight is 513 g/mol. The van der Waals surface area contributed by atoms with Gasteiger partial charge in [-0.2, -0.15) is 5.01 Å². The molecule has 12 nitrogen and oxygen atoms in total.